The number of aromatic nitrogens is 2. The Balaban J connectivity index is 3.12. The van der Waals surface area contributed by atoms with E-state index in [9.17, 15) is 10.1 Å². The summed E-state index contributed by atoms with van der Waals surface area (Å²) < 4.78 is 0. The molecule has 0 fully saturated rings. The smallest absolute Gasteiger partial charge is 0.329 e. The second-order valence-electron chi connectivity index (χ2n) is 3.18. The predicted octanol–water partition coefficient (Wildman–Crippen LogP) is 0.707. The van der Waals surface area contributed by atoms with Crippen molar-refractivity contribution in [2.24, 2.45) is 0 Å². The van der Waals surface area contributed by atoms with Crippen molar-refractivity contribution in [3.63, 3.8) is 0 Å². The van der Waals surface area contributed by atoms with Gasteiger partial charge in [-0.15, -0.1) is 0 Å². The molecule has 0 amide bonds. The lowest BCUT2D eigenvalue weighted by Gasteiger charge is -2.19. The number of nitrogens with two attached hydrogens (primary N) is 1. The Morgan fingerprint density at radius 2 is 2.41 bits per heavy atom. The number of hydrogen-bond acceptors (Lipinski definition) is 7. The molecule has 0 aliphatic carbocycles. The maximum atomic E-state index is 10.8. The number of nitro groups is 1. The van der Waals surface area contributed by atoms with Crippen LogP contribution in [0.5, 0.6) is 0 Å². The molecule has 1 heterocycles. The van der Waals surface area contributed by atoms with Crippen molar-refractivity contribution in [1.29, 1.82) is 5.26 Å². The summed E-state index contributed by atoms with van der Waals surface area (Å²) in [7, 11) is 0. The van der Waals surface area contributed by atoms with Crippen molar-refractivity contribution in [3.05, 3.63) is 16.3 Å². The molecule has 0 atom stereocenters. The predicted molar refractivity (Wildman–Crippen MR) is 61.2 cm³/mol. The molecule has 90 valence electrons. The van der Waals surface area contributed by atoms with Gasteiger partial charge in [0.05, 0.1) is 17.4 Å². The molecule has 0 aliphatic heterocycles. The molecule has 0 bridgehead atoms. The van der Waals surface area contributed by atoms with Gasteiger partial charge in [0.15, 0.2) is 0 Å². The molecule has 0 saturated heterocycles. The summed E-state index contributed by atoms with van der Waals surface area (Å²) in [5.41, 5.74) is 5.20. The minimum absolute atomic E-state index is 0.0268. The molecule has 0 aliphatic rings. The van der Waals surface area contributed by atoms with Crippen LogP contribution in [0.3, 0.4) is 0 Å². The third-order valence-corrected chi connectivity index (χ3v) is 2.14. The molecule has 0 saturated carbocycles. The zero-order valence-electron chi connectivity index (χ0n) is 9.33. The van der Waals surface area contributed by atoms with E-state index in [1.807, 2.05) is 13.0 Å². The highest BCUT2D eigenvalue weighted by atomic mass is 16.6. The highest BCUT2D eigenvalue weighted by molar-refractivity contribution is 5.58. The summed E-state index contributed by atoms with van der Waals surface area (Å²) in [5, 5.41) is 19.3. The van der Waals surface area contributed by atoms with E-state index in [-0.39, 0.29) is 23.9 Å². The molecule has 8 nitrogen and oxygen atoms in total. The Hall–Kier alpha value is -2.43. The third kappa shape index (κ3) is 3.01. The molecule has 8 heteroatoms. The summed E-state index contributed by atoms with van der Waals surface area (Å²) >= 11 is 0. The fraction of sp³-hybridized carbons (Fsp3) is 0.444. The average Bonchev–Trinajstić information content (AvgIpc) is 2.29. The van der Waals surface area contributed by atoms with Gasteiger partial charge in [-0.25, -0.2) is 4.98 Å². The highest BCUT2D eigenvalue weighted by Crippen LogP contribution is 2.25. The molecule has 1 rings (SSSR count). The van der Waals surface area contributed by atoms with Gasteiger partial charge in [-0.1, -0.05) is 0 Å². The maximum Gasteiger partial charge on any atom is 0.329 e. The summed E-state index contributed by atoms with van der Waals surface area (Å²) in [6.07, 6.45) is 1.33. The summed E-state index contributed by atoms with van der Waals surface area (Å²) in [5.74, 6) is 0.126. The Labute approximate surface area is 97.8 Å². The Bertz CT molecular complexity index is 455. The highest BCUT2D eigenvalue weighted by Gasteiger charge is 2.21. The van der Waals surface area contributed by atoms with Crippen LogP contribution in [0.15, 0.2) is 6.20 Å². The van der Waals surface area contributed by atoms with E-state index >= 15 is 0 Å². The monoisotopic (exact) mass is 236 g/mol. The minimum atomic E-state index is -0.566. The second-order valence-corrected chi connectivity index (χ2v) is 3.18. The molecular formula is C9H12N6O2. The third-order valence-electron chi connectivity index (χ3n) is 2.14. The van der Waals surface area contributed by atoms with E-state index in [0.29, 0.717) is 13.1 Å². The number of nitrogen functional groups attached to an aromatic ring is 1. The van der Waals surface area contributed by atoms with Gasteiger partial charge in [0.2, 0.25) is 11.8 Å². The van der Waals surface area contributed by atoms with Crippen molar-refractivity contribution in [2.45, 2.75) is 13.3 Å². The van der Waals surface area contributed by atoms with E-state index in [1.165, 1.54) is 0 Å². The van der Waals surface area contributed by atoms with E-state index in [4.69, 9.17) is 11.0 Å². The van der Waals surface area contributed by atoms with Gasteiger partial charge in [0.25, 0.3) is 0 Å². The van der Waals surface area contributed by atoms with Crippen LogP contribution >= 0.6 is 0 Å². The minimum Gasteiger partial charge on any atom is -0.368 e. The van der Waals surface area contributed by atoms with E-state index in [1.54, 1.807) is 4.90 Å². The van der Waals surface area contributed by atoms with Crippen LogP contribution in [0.4, 0.5) is 17.5 Å². The molecule has 17 heavy (non-hydrogen) atoms. The standard InChI is InChI=1S/C9H12N6O2/c1-2-14(5-3-4-10)8-7(15(16)17)6-12-9(11)13-8/h6H,2-3,5H2,1H3,(H2,11,12,13). The Morgan fingerprint density at radius 3 is 2.94 bits per heavy atom. The summed E-state index contributed by atoms with van der Waals surface area (Å²) in [4.78, 5) is 19.3. The average molecular weight is 236 g/mol. The second kappa shape index (κ2) is 5.60. The number of hydrogen-bond donors (Lipinski definition) is 1. The van der Waals surface area contributed by atoms with Crippen LogP contribution in [0, 0.1) is 21.4 Å². The zero-order chi connectivity index (χ0) is 12.8. The number of nitrogens with zero attached hydrogens (tertiary/aromatic N) is 5. The van der Waals surface area contributed by atoms with Crippen LogP contribution in [-0.4, -0.2) is 28.0 Å². The van der Waals surface area contributed by atoms with E-state index in [0.717, 1.165) is 6.20 Å². The molecule has 0 spiro atoms. The fourth-order valence-electron chi connectivity index (χ4n) is 1.34. The molecule has 2 N–H and O–H groups in total. The molecule has 1 aromatic rings. The first-order valence-electron chi connectivity index (χ1n) is 4.99. The lowest BCUT2D eigenvalue weighted by molar-refractivity contribution is -0.384. The SMILES string of the molecule is CCN(CCC#N)c1nc(N)ncc1[N+](=O)[O-]. The van der Waals surface area contributed by atoms with Crippen molar-refractivity contribution in [1.82, 2.24) is 9.97 Å². The maximum absolute atomic E-state index is 10.8. The van der Waals surface area contributed by atoms with Crippen molar-refractivity contribution < 1.29 is 4.92 Å². The summed E-state index contributed by atoms with van der Waals surface area (Å²) in [6, 6.07) is 1.98. The van der Waals surface area contributed by atoms with Gasteiger partial charge in [-0.05, 0) is 6.92 Å². The molecular weight excluding hydrogens is 224 g/mol. The van der Waals surface area contributed by atoms with Gasteiger partial charge in [-0.3, -0.25) is 10.1 Å². The van der Waals surface area contributed by atoms with Crippen molar-refractivity contribution in [3.8, 4) is 6.07 Å². The molecule has 0 aromatic carbocycles. The molecule has 0 unspecified atom stereocenters. The largest absolute Gasteiger partial charge is 0.368 e. The van der Waals surface area contributed by atoms with Crippen LogP contribution in [0.25, 0.3) is 0 Å². The van der Waals surface area contributed by atoms with Gasteiger partial charge >= 0.3 is 5.69 Å². The number of anilines is 2. The van der Waals surface area contributed by atoms with E-state index in [2.05, 4.69) is 9.97 Å². The van der Waals surface area contributed by atoms with Gasteiger partial charge in [0.1, 0.15) is 6.20 Å². The lowest BCUT2D eigenvalue weighted by atomic mass is 10.3. The fourth-order valence-corrected chi connectivity index (χ4v) is 1.34. The number of nitriles is 1. The van der Waals surface area contributed by atoms with Gasteiger partial charge < -0.3 is 10.6 Å². The normalized spacial score (nSPS) is 9.65. The van der Waals surface area contributed by atoms with Crippen LogP contribution in [-0.2, 0) is 0 Å². The molecule has 1 aromatic heterocycles. The van der Waals surface area contributed by atoms with Crippen molar-refractivity contribution >= 4 is 17.5 Å². The van der Waals surface area contributed by atoms with Gasteiger partial charge in [-0.2, -0.15) is 10.2 Å². The quantitative estimate of drug-likeness (QED) is 0.589. The first-order valence-corrected chi connectivity index (χ1v) is 4.99. The Morgan fingerprint density at radius 1 is 1.71 bits per heavy atom. The Kier molecular flexibility index (Phi) is 4.16. The molecule has 0 radical (unpaired) electrons. The van der Waals surface area contributed by atoms with Crippen LogP contribution in [0.1, 0.15) is 13.3 Å². The van der Waals surface area contributed by atoms with E-state index < -0.39 is 4.92 Å². The first-order chi connectivity index (χ1) is 8.10. The van der Waals surface area contributed by atoms with Crippen LogP contribution < -0.4 is 10.6 Å². The van der Waals surface area contributed by atoms with Gasteiger partial charge in [0, 0.05) is 13.1 Å². The first kappa shape index (κ1) is 12.6. The number of rotatable bonds is 5. The summed E-state index contributed by atoms with van der Waals surface area (Å²) in [6.45, 7) is 2.68. The van der Waals surface area contributed by atoms with Crippen LogP contribution in [0.2, 0.25) is 0 Å². The zero-order valence-corrected chi connectivity index (χ0v) is 9.33. The van der Waals surface area contributed by atoms with Crippen molar-refractivity contribution in [2.75, 3.05) is 23.7 Å². The lowest BCUT2D eigenvalue weighted by Crippen LogP contribution is -2.26. The topological polar surface area (TPSA) is 122 Å².